The van der Waals surface area contributed by atoms with Gasteiger partial charge in [-0.15, -0.1) is 0 Å². The van der Waals surface area contributed by atoms with E-state index in [1.807, 2.05) is 58.0 Å². The zero-order chi connectivity index (χ0) is 18.7. The van der Waals surface area contributed by atoms with Crippen LogP contribution in [0.25, 0.3) is 0 Å². The standard InChI is InChI=1S/C23H28O2/c1-19(2)13-12-18-21(25-22(24)23(3,4)5)17-11-7-10-16-20-14-8-6-9-15-20/h6,8-9,14-15,21H,1,7,11,13,17H2,2-5H3. The van der Waals surface area contributed by atoms with Crippen LogP contribution in [-0.4, -0.2) is 12.1 Å². The molecule has 2 nitrogen and oxygen atoms in total. The van der Waals surface area contributed by atoms with Crippen LogP contribution in [0.3, 0.4) is 0 Å². The van der Waals surface area contributed by atoms with Crippen molar-refractivity contribution in [1.82, 2.24) is 0 Å². The maximum Gasteiger partial charge on any atom is 0.312 e. The van der Waals surface area contributed by atoms with E-state index in [2.05, 4.69) is 30.3 Å². The van der Waals surface area contributed by atoms with Crippen molar-refractivity contribution in [1.29, 1.82) is 0 Å². The first-order chi connectivity index (χ1) is 11.8. The molecule has 1 atom stereocenters. The fourth-order valence-electron chi connectivity index (χ4n) is 1.84. The highest BCUT2D eigenvalue weighted by molar-refractivity contribution is 5.75. The second kappa shape index (κ2) is 10.4. The van der Waals surface area contributed by atoms with Crippen molar-refractivity contribution in [3.8, 4) is 23.7 Å². The number of carbonyl (C=O) groups excluding carboxylic acids is 1. The van der Waals surface area contributed by atoms with E-state index in [1.165, 1.54) is 0 Å². The third kappa shape index (κ3) is 9.43. The maximum atomic E-state index is 12.1. The molecule has 1 aromatic rings. The lowest BCUT2D eigenvalue weighted by molar-refractivity contribution is -0.156. The van der Waals surface area contributed by atoms with E-state index in [1.54, 1.807) is 0 Å². The number of hydrogen-bond acceptors (Lipinski definition) is 2. The Labute approximate surface area is 152 Å². The third-order valence-electron chi connectivity index (χ3n) is 3.29. The van der Waals surface area contributed by atoms with Gasteiger partial charge in [0, 0.05) is 18.4 Å². The molecule has 0 aliphatic rings. The number of unbranched alkanes of at least 4 members (excludes halogenated alkanes) is 1. The van der Waals surface area contributed by atoms with E-state index < -0.39 is 5.41 Å². The van der Waals surface area contributed by atoms with Gasteiger partial charge in [-0.25, -0.2) is 0 Å². The van der Waals surface area contributed by atoms with Crippen LogP contribution in [0.5, 0.6) is 0 Å². The largest absolute Gasteiger partial charge is 0.449 e. The van der Waals surface area contributed by atoms with Gasteiger partial charge in [0.25, 0.3) is 0 Å². The molecule has 0 aliphatic carbocycles. The van der Waals surface area contributed by atoms with Gasteiger partial charge in [0.1, 0.15) is 0 Å². The fraction of sp³-hybridized carbons (Fsp3) is 0.435. The van der Waals surface area contributed by atoms with E-state index in [-0.39, 0.29) is 12.1 Å². The molecule has 0 radical (unpaired) electrons. The van der Waals surface area contributed by atoms with Gasteiger partial charge in [0.05, 0.1) is 5.41 Å². The normalized spacial score (nSPS) is 11.4. The van der Waals surface area contributed by atoms with E-state index >= 15 is 0 Å². The summed E-state index contributed by atoms with van der Waals surface area (Å²) in [7, 11) is 0. The van der Waals surface area contributed by atoms with Crippen LogP contribution in [0.15, 0.2) is 42.5 Å². The molecular weight excluding hydrogens is 308 g/mol. The average Bonchev–Trinajstić information content (AvgIpc) is 2.54. The Morgan fingerprint density at radius 1 is 1.20 bits per heavy atom. The molecule has 0 bridgehead atoms. The molecule has 1 rings (SSSR count). The van der Waals surface area contributed by atoms with Crippen LogP contribution in [0.2, 0.25) is 0 Å². The quantitative estimate of drug-likeness (QED) is 0.322. The summed E-state index contributed by atoms with van der Waals surface area (Å²) in [6.45, 7) is 11.3. The molecular formula is C23H28O2. The lowest BCUT2D eigenvalue weighted by atomic mass is 9.97. The predicted molar refractivity (Wildman–Crippen MR) is 104 cm³/mol. The molecule has 0 amide bonds. The van der Waals surface area contributed by atoms with Gasteiger partial charge in [0.15, 0.2) is 6.10 Å². The molecule has 0 saturated heterocycles. The monoisotopic (exact) mass is 336 g/mol. The van der Waals surface area contributed by atoms with Crippen LogP contribution in [0.1, 0.15) is 58.9 Å². The van der Waals surface area contributed by atoms with Crippen molar-refractivity contribution in [2.75, 3.05) is 0 Å². The Balaban J connectivity index is 2.57. The smallest absolute Gasteiger partial charge is 0.312 e. The summed E-state index contributed by atoms with van der Waals surface area (Å²) in [6, 6.07) is 9.91. The Morgan fingerprint density at radius 3 is 2.48 bits per heavy atom. The number of carbonyl (C=O) groups is 1. The number of ether oxygens (including phenoxy) is 1. The first-order valence-electron chi connectivity index (χ1n) is 8.67. The third-order valence-corrected chi connectivity index (χ3v) is 3.29. The summed E-state index contributed by atoms with van der Waals surface area (Å²) in [6.07, 6.45) is 2.51. The average molecular weight is 336 g/mol. The van der Waals surface area contributed by atoms with Crippen LogP contribution < -0.4 is 0 Å². The Hall–Kier alpha value is -2.45. The molecule has 25 heavy (non-hydrogen) atoms. The number of hydrogen-bond donors (Lipinski definition) is 0. The van der Waals surface area contributed by atoms with Crippen molar-refractivity contribution in [3.05, 3.63) is 48.0 Å². The number of allylic oxidation sites excluding steroid dienone is 1. The minimum Gasteiger partial charge on any atom is -0.449 e. The lowest BCUT2D eigenvalue weighted by Crippen LogP contribution is -2.27. The Bertz CT molecular complexity index is 685. The zero-order valence-corrected chi connectivity index (χ0v) is 15.8. The van der Waals surface area contributed by atoms with E-state index in [9.17, 15) is 4.79 Å². The Morgan fingerprint density at radius 2 is 1.88 bits per heavy atom. The Kier molecular flexibility index (Phi) is 8.59. The first kappa shape index (κ1) is 20.6. The maximum absolute atomic E-state index is 12.1. The summed E-state index contributed by atoms with van der Waals surface area (Å²) in [5.41, 5.74) is 1.49. The zero-order valence-electron chi connectivity index (χ0n) is 15.8. The number of benzene rings is 1. The molecule has 1 unspecified atom stereocenters. The van der Waals surface area contributed by atoms with Gasteiger partial charge in [-0.3, -0.25) is 4.79 Å². The number of rotatable bonds is 5. The molecule has 0 aromatic heterocycles. The van der Waals surface area contributed by atoms with Crippen LogP contribution >= 0.6 is 0 Å². The van der Waals surface area contributed by atoms with Crippen LogP contribution in [0, 0.1) is 29.1 Å². The summed E-state index contributed by atoms with van der Waals surface area (Å²) in [5, 5.41) is 0. The van der Waals surface area contributed by atoms with Crippen molar-refractivity contribution in [3.63, 3.8) is 0 Å². The number of esters is 1. The second-order valence-corrected chi connectivity index (χ2v) is 7.16. The molecule has 0 spiro atoms. The van der Waals surface area contributed by atoms with E-state index in [0.717, 1.165) is 24.0 Å². The molecule has 0 heterocycles. The molecule has 0 N–H and O–H groups in total. The molecule has 132 valence electrons. The van der Waals surface area contributed by atoms with Gasteiger partial charge in [-0.1, -0.05) is 54.0 Å². The van der Waals surface area contributed by atoms with Gasteiger partial charge in [-0.2, -0.15) is 0 Å². The fourth-order valence-corrected chi connectivity index (χ4v) is 1.84. The second-order valence-electron chi connectivity index (χ2n) is 7.16. The highest BCUT2D eigenvalue weighted by Crippen LogP contribution is 2.18. The summed E-state index contributed by atoms with van der Waals surface area (Å²) >= 11 is 0. The van der Waals surface area contributed by atoms with E-state index in [0.29, 0.717) is 12.8 Å². The molecule has 0 fully saturated rings. The van der Waals surface area contributed by atoms with Gasteiger partial charge >= 0.3 is 5.97 Å². The predicted octanol–water partition coefficient (Wildman–Crippen LogP) is 5.14. The molecule has 0 saturated carbocycles. The van der Waals surface area contributed by atoms with Crippen molar-refractivity contribution < 1.29 is 9.53 Å². The van der Waals surface area contributed by atoms with Gasteiger partial charge in [0.2, 0.25) is 0 Å². The van der Waals surface area contributed by atoms with Crippen molar-refractivity contribution >= 4 is 5.97 Å². The topological polar surface area (TPSA) is 26.3 Å². The first-order valence-corrected chi connectivity index (χ1v) is 8.67. The van der Waals surface area contributed by atoms with Crippen LogP contribution in [0.4, 0.5) is 0 Å². The molecule has 1 aromatic carbocycles. The minimum atomic E-state index is -0.526. The lowest BCUT2D eigenvalue weighted by Gasteiger charge is -2.20. The van der Waals surface area contributed by atoms with Crippen molar-refractivity contribution in [2.24, 2.45) is 5.41 Å². The highest BCUT2D eigenvalue weighted by Gasteiger charge is 2.25. The van der Waals surface area contributed by atoms with Crippen molar-refractivity contribution in [2.45, 2.75) is 59.5 Å². The SMILES string of the molecule is C=C(C)CC#CC(CCCC#Cc1ccccc1)OC(=O)C(C)(C)C. The highest BCUT2D eigenvalue weighted by atomic mass is 16.5. The van der Waals surface area contributed by atoms with E-state index in [4.69, 9.17) is 4.74 Å². The minimum absolute atomic E-state index is 0.225. The van der Waals surface area contributed by atoms with Crippen LogP contribution in [-0.2, 0) is 9.53 Å². The summed E-state index contributed by atoms with van der Waals surface area (Å²) in [4.78, 5) is 12.1. The molecule has 2 heteroatoms. The molecule has 0 aliphatic heterocycles. The van der Waals surface area contributed by atoms with Gasteiger partial charge < -0.3 is 4.74 Å². The summed E-state index contributed by atoms with van der Waals surface area (Å²) < 4.78 is 5.57. The van der Waals surface area contributed by atoms with Gasteiger partial charge in [-0.05, 0) is 52.7 Å². The summed E-state index contributed by atoms with van der Waals surface area (Å²) in [5.74, 6) is 12.2.